The summed E-state index contributed by atoms with van der Waals surface area (Å²) in [5, 5.41) is 9.08. The zero-order valence-electron chi connectivity index (χ0n) is 20.3. The predicted molar refractivity (Wildman–Crippen MR) is 132 cm³/mol. The second kappa shape index (κ2) is 9.08. The fraction of sp³-hybridized carbons (Fsp3) is 0.480. The maximum Gasteiger partial charge on any atom is 0.419 e. The summed E-state index contributed by atoms with van der Waals surface area (Å²) < 4.78 is 52.1. The number of pyridine rings is 1. The molecule has 1 unspecified atom stereocenters. The maximum absolute atomic E-state index is 13.6. The van der Waals surface area contributed by atoms with Crippen molar-refractivity contribution in [2.75, 3.05) is 43.7 Å². The molecule has 2 aliphatic heterocycles. The Morgan fingerprint density at radius 3 is 2.41 bits per heavy atom. The standard InChI is InChI=1S/C25H26F3N5O3S/c1-31(2)23(13-35-14-23)15-36-18-6-4-16(5-7-18)33-22(37)32(21(34)24(33)8-3-9-24)17-10-19(25(26,27)28)20(11-29)30-12-17/h4-7,10,12,22,37H,3,8-9,13-15H2,1-2H3. The van der Waals surface area contributed by atoms with Crippen LogP contribution in [0.25, 0.3) is 0 Å². The zero-order valence-corrected chi connectivity index (χ0v) is 21.2. The van der Waals surface area contributed by atoms with E-state index in [1.54, 1.807) is 0 Å². The molecule has 8 nitrogen and oxygen atoms in total. The van der Waals surface area contributed by atoms with Gasteiger partial charge in [0.1, 0.15) is 29.5 Å². The lowest BCUT2D eigenvalue weighted by Gasteiger charge is -2.46. The van der Waals surface area contributed by atoms with Gasteiger partial charge in [-0.25, -0.2) is 4.98 Å². The van der Waals surface area contributed by atoms with Crippen molar-refractivity contribution in [1.82, 2.24) is 9.88 Å². The molecule has 196 valence electrons. The Bertz CT molecular complexity index is 1240. The second-order valence-corrected chi connectivity index (χ2v) is 10.3. The number of likely N-dealkylation sites (N-methyl/N-ethyl adjacent to an activating group) is 1. The highest BCUT2D eigenvalue weighted by Crippen LogP contribution is 2.50. The van der Waals surface area contributed by atoms with Crippen LogP contribution in [-0.2, 0) is 15.7 Å². The van der Waals surface area contributed by atoms with Gasteiger partial charge in [0.2, 0.25) is 0 Å². The molecule has 1 spiro atoms. The van der Waals surface area contributed by atoms with Gasteiger partial charge in [-0.3, -0.25) is 14.6 Å². The van der Waals surface area contributed by atoms with Crippen molar-refractivity contribution < 1.29 is 27.4 Å². The number of thiol groups is 1. The van der Waals surface area contributed by atoms with Crippen LogP contribution in [0.2, 0.25) is 0 Å². The molecule has 5 rings (SSSR count). The Morgan fingerprint density at radius 2 is 1.92 bits per heavy atom. The number of halogens is 3. The van der Waals surface area contributed by atoms with Crippen LogP contribution in [0.1, 0.15) is 30.5 Å². The number of aromatic nitrogens is 1. The van der Waals surface area contributed by atoms with Gasteiger partial charge in [0.15, 0.2) is 11.2 Å². The minimum atomic E-state index is -4.79. The maximum atomic E-state index is 13.6. The van der Waals surface area contributed by atoms with Crippen molar-refractivity contribution in [1.29, 1.82) is 5.26 Å². The summed E-state index contributed by atoms with van der Waals surface area (Å²) in [7, 11) is 3.97. The average molecular weight is 534 g/mol. The molecule has 1 aliphatic carbocycles. The van der Waals surface area contributed by atoms with Gasteiger partial charge < -0.3 is 14.4 Å². The van der Waals surface area contributed by atoms with Crippen LogP contribution in [0.4, 0.5) is 24.5 Å². The molecule has 3 fully saturated rings. The largest absolute Gasteiger partial charge is 0.491 e. The number of hydrogen-bond donors (Lipinski definition) is 1. The molecule has 37 heavy (non-hydrogen) atoms. The molecule has 1 amide bonds. The van der Waals surface area contributed by atoms with Crippen LogP contribution < -0.4 is 14.5 Å². The van der Waals surface area contributed by atoms with Gasteiger partial charge in [-0.1, -0.05) is 0 Å². The third-order valence-corrected chi connectivity index (χ3v) is 8.06. The van der Waals surface area contributed by atoms with Crippen molar-refractivity contribution in [3.05, 3.63) is 47.8 Å². The molecule has 12 heteroatoms. The minimum absolute atomic E-state index is 0.0539. The van der Waals surface area contributed by atoms with Crippen molar-refractivity contribution in [2.24, 2.45) is 0 Å². The average Bonchev–Trinajstić information content (AvgIpc) is 3.04. The molecule has 0 bridgehead atoms. The minimum Gasteiger partial charge on any atom is -0.491 e. The van der Waals surface area contributed by atoms with E-state index in [9.17, 15) is 18.0 Å². The number of carbonyl (C=O) groups is 1. The fourth-order valence-corrected chi connectivity index (χ4v) is 5.58. The van der Waals surface area contributed by atoms with E-state index in [4.69, 9.17) is 14.7 Å². The van der Waals surface area contributed by atoms with Crippen LogP contribution in [0.15, 0.2) is 36.5 Å². The first kappa shape index (κ1) is 25.6. The topological polar surface area (TPSA) is 81.9 Å². The van der Waals surface area contributed by atoms with Crippen LogP contribution in [0.5, 0.6) is 5.75 Å². The summed E-state index contributed by atoms with van der Waals surface area (Å²) in [6.45, 7) is 1.64. The van der Waals surface area contributed by atoms with Gasteiger partial charge in [0.05, 0.1) is 30.7 Å². The quantitative estimate of drug-likeness (QED) is 0.568. The van der Waals surface area contributed by atoms with Crippen molar-refractivity contribution >= 4 is 29.9 Å². The predicted octanol–water partition coefficient (Wildman–Crippen LogP) is 3.67. The molecular weight excluding hydrogens is 507 g/mol. The first-order chi connectivity index (χ1) is 17.5. The number of carbonyl (C=O) groups excluding carboxylic acids is 1. The third kappa shape index (κ3) is 4.09. The Kier molecular flexibility index (Phi) is 6.29. The molecule has 1 atom stereocenters. The van der Waals surface area contributed by atoms with E-state index in [2.05, 4.69) is 22.5 Å². The number of alkyl halides is 3. The number of amides is 1. The molecule has 1 saturated carbocycles. The molecule has 2 saturated heterocycles. The van der Waals surface area contributed by atoms with Crippen LogP contribution in [-0.4, -0.2) is 66.3 Å². The molecule has 0 radical (unpaired) electrons. The summed E-state index contributed by atoms with van der Waals surface area (Å²) in [4.78, 5) is 22.5. The first-order valence-corrected chi connectivity index (χ1v) is 12.3. The smallest absolute Gasteiger partial charge is 0.419 e. The summed E-state index contributed by atoms with van der Waals surface area (Å²) in [6, 6.07) is 9.53. The summed E-state index contributed by atoms with van der Waals surface area (Å²) in [5.41, 5.74) is -3.21. The van der Waals surface area contributed by atoms with Gasteiger partial charge in [-0.05, 0) is 63.7 Å². The van der Waals surface area contributed by atoms with E-state index in [-0.39, 0.29) is 17.1 Å². The highest BCUT2D eigenvalue weighted by atomic mass is 32.1. The number of nitriles is 1. The van der Waals surface area contributed by atoms with Gasteiger partial charge in [0, 0.05) is 5.69 Å². The monoisotopic (exact) mass is 533 g/mol. The van der Waals surface area contributed by atoms with Crippen molar-refractivity contribution in [2.45, 2.75) is 42.0 Å². The zero-order chi connectivity index (χ0) is 26.6. The number of nitrogens with zero attached hydrogens (tertiary/aromatic N) is 5. The van der Waals surface area contributed by atoms with Gasteiger partial charge >= 0.3 is 6.18 Å². The van der Waals surface area contributed by atoms with Crippen LogP contribution in [0.3, 0.4) is 0 Å². The van der Waals surface area contributed by atoms with Crippen molar-refractivity contribution in [3.8, 4) is 11.8 Å². The van der Waals surface area contributed by atoms with E-state index in [0.29, 0.717) is 44.1 Å². The molecular formula is C25H26F3N5O3S. The summed E-state index contributed by atoms with van der Waals surface area (Å²) in [6.07, 6.45) is -1.75. The van der Waals surface area contributed by atoms with Crippen LogP contribution >= 0.6 is 12.6 Å². The Hall–Kier alpha value is -3.01. The second-order valence-electron chi connectivity index (χ2n) is 9.87. The number of hydrogen-bond acceptors (Lipinski definition) is 8. The fourth-order valence-electron chi connectivity index (χ4n) is 4.99. The Labute approximate surface area is 218 Å². The number of rotatable bonds is 6. The lowest BCUT2D eigenvalue weighted by atomic mass is 9.75. The van der Waals surface area contributed by atoms with E-state index in [0.717, 1.165) is 18.7 Å². The van der Waals surface area contributed by atoms with Gasteiger partial charge in [-0.15, -0.1) is 12.6 Å². The number of benzene rings is 1. The van der Waals surface area contributed by atoms with E-state index in [1.807, 2.05) is 43.3 Å². The Morgan fingerprint density at radius 1 is 1.24 bits per heavy atom. The highest BCUT2D eigenvalue weighted by Gasteiger charge is 2.60. The molecule has 3 aliphatic rings. The summed E-state index contributed by atoms with van der Waals surface area (Å²) in [5.74, 6) is 0.320. The third-order valence-electron chi connectivity index (χ3n) is 7.60. The lowest BCUT2D eigenvalue weighted by molar-refractivity contribution is -0.141. The molecule has 2 aromatic rings. The van der Waals surface area contributed by atoms with Gasteiger partial charge in [-0.2, -0.15) is 18.4 Å². The van der Waals surface area contributed by atoms with Crippen LogP contribution in [0, 0.1) is 11.3 Å². The van der Waals surface area contributed by atoms with Gasteiger partial charge in [0.25, 0.3) is 5.91 Å². The molecule has 3 heterocycles. The van der Waals surface area contributed by atoms with E-state index < -0.39 is 28.5 Å². The normalized spacial score (nSPS) is 22.1. The first-order valence-electron chi connectivity index (χ1n) is 11.8. The molecule has 0 N–H and O–H groups in total. The number of anilines is 2. The Balaban J connectivity index is 1.42. The molecule has 1 aromatic carbocycles. The summed E-state index contributed by atoms with van der Waals surface area (Å²) >= 11 is 4.68. The van der Waals surface area contributed by atoms with E-state index >= 15 is 0 Å². The van der Waals surface area contributed by atoms with E-state index in [1.165, 1.54) is 11.0 Å². The molecule has 1 aromatic heterocycles. The highest BCUT2D eigenvalue weighted by molar-refractivity contribution is 7.81. The lowest BCUT2D eigenvalue weighted by Crippen LogP contribution is -2.63. The number of ether oxygens (including phenoxy) is 2. The van der Waals surface area contributed by atoms with Crippen molar-refractivity contribution in [3.63, 3.8) is 0 Å². The SMILES string of the molecule is CN(C)C1(COc2ccc(N3C(S)N(c4cnc(C#N)c(C(F)(F)F)c4)C(=O)C34CCC4)cc2)COC1.